The van der Waals surface area contributed by atoms with Gasteiger partial charge in [-0.2, -0.15) is 0 Å². The second kappa shape index (κ2) is 3.67. The Balaban J connectivity index is 1.82. The van der Waals surface area contributed by atoms with E-state index in [1.807, 2.05) is 20.8 Å². The summed E-state index contributed by atoms with van der Waals surface area (Å²) in [6.45, 7) is 8.14. The molecule has 0 aromatic heterocycles. The van der Waals surface area contributed by atoms with Crippen molar-refractivity contribution in [3.63, 3.8) is 0 Å². The maximum Gasteiger partial charge on any atom is 0.410 e. The molecule has 0 saturated carbocycles. The number of ether oxygens (including phenoxy) is 2. The van der Waals surface area contributed by atoms with Gasteiger partial charge in [0, 0.05) is 19.0 Å². The van der Waals surface area contributed by atoms with Gasteiger partial charge in [0.05, 0.1) is 12.7 Å². The molecule has 0 aromatic rings. The molecule has 2 atom stereocenters. The Kier molecular flexibility index (Phi) is 2.63. The van der Waals surface area contributed by atoms with Crippen molar-refractivity contribution in [3.05, 3.63) is 0 Å². The number of hydrogen-bond acceptors (Lipinski definition) is 3. The van der Waals surface area contributed by atoms with Crippen LogP contribution in [0.5, 0.6) is 0 Å². The van der Waals surface area contributed by atoms with Crippen LogP contribution in [0.4, 0.5) is 4.79 Å². The lowest BCUT2D eigenvalue weighted by Crippen LogP contribution is -2.35. The molecule has 4 nitrogen and oxygen atoms in total. The number of hydrogen-bond donors (Lipinski definition) is 0. The third-order valence-corrected chi connectivity index (χ3v) is 2.76. The van der Waals surface area contributed by atoms with Gasteiger partial charge in [-0.3, -0.25) is 0 Å². The second-order valence-corrected chi connectivity index (χ2v) is 5.35. The Morgan fingerprint density at radius 2 is 2.13 bits per heavy atom. The predicted molar refractivity (Wildman–Crippen MR) is 55.7 cm³/mol. The first-order valence-corrected chi connectivity index (χ1v) is 5.55. The minimum Gasteiger partial charge on any atom is -0.444 e. The van der Waals surface area contributed by atoms with Gasteiger partial charge in [-0.1, -0.05) is 0 Å². The lowest BCUT2D eigenvalue weighted by Gasteiger charge is -2.24. The average Bonchev–Trinajstić information content (AvgIpc) is 2.81. The maximum atomic E-state index is 11.7. The molecule has 0 radical (unpaired) electrons. The van der Waals surface area contributed by atoms with Crippen LogP contribution in [-0.2, 0) is 9.47 Å². The van der Waals surface area contributed by atoms with E-state index >= 15 is 0 Å². The summed E-state index contributed by atoms with van der Waals surface area (Å²) in [6, 6.07) is 0. The highest BCUT2D eigenvalue weighted by molar-refractivity contribution is 5.68. The highest BCUT2D eigenvalue weighted by Gasteiger charge is 2.39. The van der Waals surface area contributed by atoms with E-state index in [0.717, 1.165) is 26.1 Å². The first-order valence-electron chi connectivity index (χ1n) is 5.55. The molecule has 86 valence electrons. The van der Waals surface area contributed by atoms with E-state index in [1.54, 1.807) is 4.90 Å². The fourth-order valence-corrected chi connectivity index (χ4v) is 1.91. The zero-order valence-corrected chi connectivity index (χ0v) is 9.66. The van der Waals surface area contributed by atoms with Gasteiger partial charge < -0.3 is 14.4 Å². The van der Waals surface area contributed by atoms with Crippen LogP contribution in [0.1, 0.15) is 27.2 Å². The van der Waals surface area contributed by atoms with Gasteiger partial charge in [-0.25, -0.2) is 4.79 Å². The van der Waals surface area contributed by atoms with E-state index in [0.29, 0.717) is 12.0 Å². The van der Waals surface area contributed by atoms with Crippen LogP contribution < -0.4 is 0 Å². The summed E-state index contributed by atoms with van der Waals surface area (Å²) in [7, 11) is 0. The van der Waals surface area contributed by atoms with Crippen LogP contribution >= 0.6 is 0 Å². The maximum absolute atomic E-state index is 11.7. The largest absolute Gasteiger partial charge is 0.444 e. The van der Waals surface area contributed by atoms with Crippen LogP contribution in [0, 0.1) is 5.92 Å². The molecular formula is C11H19NO3. The SMILES string of the molecule is CC(C)(C)OC(=O)N1CCC([C@@H]2CO2)C1. The summed E-state index contributed by atoms with van der Waals surface area (Å²) >= 11 is 0. The number of rotatable bonds is 1. The molecule has 2 aliphatic heterocycles. The average molecular weight is 213 g/mol. The van der Waals surface area contributed by atoms with Gasteiger partial charge in [-0.15, -0.1) is 0 Å². The number of epoxide rings is 1. The Bertz CT molecular complexity index is 255. The molecule has 1 amide bonds. The molecule has 2 heterocycles. The number of carbonyl (C=O) groups is 1. The Labute approximate surface area is 90.5 Å². The number of nitrogens with zero attached hydrogens (tertiary/aromatic N) is 1. The van der Waals surface area contributed by atoms with E-state index in [9.17, 15) is 4.79 Å². The van der Waals surface area contributed by atoms with E-state index in [1.165, 1.54) is 0 Å². The van der Waals surface area contributed by atoms with Crippen molar-refractivity contribution in [3.8, 4) is 0 Å². The molecule has 1 unspecified atom stereocenters. The summed E-state index contributed by atoms with van der Waals surface area (Å²) in [5.74, 6) is 0.525. The predicted octanol–water partition coefficient (Wildman–Crippen LogP) is 1.64. The standard InChI is InChI=1S/C11H19NO3/c1-11(2,3)15-10(13)12-5-4-8(6-12)9-7-14-9/h8-9H,4-7H2,1-3H3/t8?,9-/m0/s1. The van der Waals surface area contributed by atoms with Gasteiger partial charge in [-0.05, 0) is 27.2 Å². The molecule has 2 saturated heterocycles. The van der Waals surface area contributed by atoms with E-state index in [4.69, 9.17) is 9.47 Å². The Morgan fingerprint density at radius 1 is 1.47 bits per heavy atom. The summed E-state index contributed by atoms with van der Waals surface area (Å²) < 4.78 is 10.6. The molecule has 0 N–H and O–H groups in total. The van der Waals surface area contributed by atoms with Crippen molar-refractivity contribution in [1.29, 1.82) is 0 Å². The number of carbonyl (C=O) groups excluding carboxylic acids is 1. The summed E-state index contributed by atoms with van der Waals surface area (Å²) in [6.07, 6.45) is 1.26. The molecule has 2 rings (SSSR count). The van der Waals surface area contributed by atoms with Gasteiger partial charge >= 0.3 is 6.09 Å². The van der Waals surface area contributed by atoms with Crippen LogP contribution in [0.15, 0.2) is 0 Å². The third kappa shape index (κ3) is 2.84. The van der Waals surface area contributed by atoms with Crippen molar-refractivity contribution in [2.45, 2.75) is 38.9 Å². The van der Waals surface area contributed by atoms with Crippen LogP contribution in [0.2, 0.25) is 0 Å². The fraction of sp³-hybridized carbons (Fsp3) is 0.909. The van der Waals surface area contributed by atoms with E-state index in [-0.39, 0.29) is 6.09 Å². The molecule has 4 heteroatoms. The quantitative estimate of drug-likeness (QED) is 0.622. The Morgan fingerprint density at radius 3 is 2.67 bits per heavy atom. The van der Waals surface area contributed by atoms with Crippen molar-refractivity contribution in [1.82, 2.24) is 4.90 Å². The summed E-state index contributed by atoms with van der Waals surface area (Å²) in [5.41, 5.74) is -0.398. The molecule has 15 heavy (non-hydrogen) atoms. The van der Waals surface area contributed by atoms with Crippen LogP contribution in [-0.4, -0.2) is 42.4 Å². The van der Waals surface area contributed by atoms with Crippen LogP contribution in [0.25, 0.3) is 0 Å². The third-order valence-electron chi connectivity index (χ3n) is 2.76. The van der Waals surface area contributed by atoms with Crippen molar-refractivity contribution < 1.29 is 14.3 Å². The lowest BCUT2D eigenvalue weighted by molar-refractivity contribution is 0.0286. The normalized spacial score (nSPS) is 30.5. The fourth-order valence-electron chi connectivity index (χ4n) is 1.91. The molecule has 0 aromatic carbocycles. The van der Waals surface area contributed by atoms with Crippen molar-refractivity contribution >= 4 is 6.09 Å². The molecule has 2 aliphatic rings. The van der Waals surface area contributed by atoms with E-state index < -0.39 is 5.60 Å². The smallest absolute Gasteiger partial charge is 0.410 e. The first kappa shape index (κ1) is 10.7. The van der Waals surface area contributed by atoms with Crippen LogP contribution in [0.3, 0.4) is 0 Å². The minimum absolute atomic E-state index is 0.189. The number of likely N-dealkylation sites (tertiary alicyclic amines) is 1. The zero-order chi connectivity index (χ0) is 11.1. The molecule has 0 spiro atoms. The highest BCUT2D eigenvalue weighted by atomic mass is 16.6. The molecule has 2 fully saturated rings. The van der Waals surface area contributed by atoms with Gasteiger partial charge in [0.1, 0.15) is 5.60 Å². The van der Waals surface area contributed by atoms with Gasteiger partial charge in [0.2, 0.25) is 0 Å². The van der Waals surface area contributed by atoms with Crippen molar-refractivity contribution in [2.75, 3.05) is 19.7 Å². The number of amides is 1. The van der Waals surface area contributed by atoms with Gasteiger partial charge in [0.15, 0.2) is 0 Å². The monoisotopic (exact) mass is 213 g/mol. The zero-order valence-electron chi connectivity index (χ0n) is 9.66. The lowest BCUT2D eigenvalue weighted by atomic mass is 10.1. The summed E-state index contributed by atoms with van der Waals surface area (Å²) in [5, 5.41) is 0. The first-order chi connectivity index (χ1) is 6.96. The van der Waals surface area contributed by atoms with E-state index in [2.05, 4.69) is 0 Å². The highest BCUT2D eigenvalue weighted by Crippen LogP contribution is 2.29. The Hall–Kier alpha value is -0.770. The summed E-state index contributed by atoms with van der Waals surface area (Å²) in [4.78, 5) is 13.5. The van der Waals surface area contributed by atoms with Gasteiger partial charge in [0.25, 0.3) is 0 Å². The molecular weight excluding hydrogens is 194 g/mol. The van der Waals surface area contributed by atoms with Crippen molar-refractivity contribution in [2.24, 2.45) is 5.92 Å². The molecule has 0 bridgehead atoms. The second-order valence-electron chi connectivity index (χ2n) is 5.35. The minimum atomic E-state index is -0.398. The molecule has 0 aliphatic carbocycles. The topological polar surface area (TPSA) is 42.1 Å².